The van der Waals surface area contributed by atoms with Crippen LogP contribution < -0.4 is 10.1 Å². The van der Waals surface area contributed by atoms with Crippen molar-refractivity contribution in [3.63, 3.8) is 0 Å². The molecule has 6 rings (SSSR count). The van der Waals surface area contributed by atoms with E-state index >= 15 is 0 Å². The van der Waals surface area contributed by atoms with Gasteiger partial charge < -0.3 is 19.9 Å². The van der Waals surface area contributed by atoms with E-state index in [4.69, 9.17) is 4.74 Å². The molecule has 4 aliphatic rings. The molecule has 194 valence electrons. The predicted molar refractivity (Wildman–Crippen MR) is 136 cm³/mol. The number of ether oxygens (including phenoxy) is 1. The van der Waals surface area contributed by atoms with Crippen LogP contribution in [0, 0.1) is 0 Å². The highest BCUT2D eigenvalue weighted by molar-refractivity contribution is 5.97. The van der Waals surface area contributed by atoms with Gasteiger partial charge in [-0.1, -0.05) is 31.0 Å². The van der Waals surface area contributed by atoms with E-state index in [1.165, 1.54) is 12.8 Å². The van der Waals surface area contributed by atoms with Crippen LogP contribution in [0.25, 0.3) is 0 Å². The fraction of sp³-hybridized carbons (Fsp3) is 0.500. The number of hydrogen-bond acceptors (Lipinski definition) is 6. The van der Waals surface area contributed by atoms with E-state index in [9.17, 15) is 14.4 Å². The fourth-order valence-corrected chi connectivity index (χ4v) is 6.39. The fourth-order valence-electron chi connectivity index (χ4n) is 6.39. The van der Waals surface area contributed by atoms with Crippen molar-refractivity contribution in [3.8, 4) is 5.88 Å². The zero-order valence-corrected chi connectivity index (χ0v) is 20.9. The van der Waals surface area contributed by atoms with Gasteiger partial charge in [0.2, 0.25) is 11.8 Å². The van der Waals surface area contributed by atoms with Crippen LogP contribution in [0.1, 0.15) is 52.8 Å². The molecule has 3 fully saturated rings. The van der Waals surface area contributed by atoms with E-state index in [1.54, 1.807) is 23.2 Å². The molecule has 2 saturated heterocycles. The highest BCUT2D eigenvalue weighted by Gasteiger charge is 2.46. The summed E-state index contributed by atoms with van der Waals surface area (Å²) in [7, 11) is 0. The molecule has 0 unspecified atom stereocenters. The molecular weight excluding hydrogens is 470 g/mol. The molecule has 4 heterocycles. The minimum atomic E-state index is -0.337. The van der Waals surface area contributed by atoms with E-state index < -0.39 is 0 Å². The second kappa shape index (κ2) is 10.1. The molecule has 1 aliphatic carbocycles. The predicted octanol–water partition coefficient (Wildman–Crippen LogP) is 1.94. The van der Waals surface area contributed by atoms with Gasteiger partial charge in [0.25, 0.3) is 11.8 Å². The van der Waals surface area contributed by atoms with Crippen LogP contribution in [0.2, 0.25) is 0 Å². The highest BCUT2D eigenvalue weighted by atomic mass is 16.5. The standard InChI is InChI=1S/C28H33N5O4/c34-25-23-11-6-12-29-26(23)37-18-22-17-31(27(35)19-7-2-1-3-8-19)13-14-32(22)28(36)24-15-20(30-25)16-33(24)21-9-4-5-10-21/h1-3,6-8,11-12,20-22,24H,4-5,9-10,13-18H2,(H,30,34)/t20-,22-,24-/m0/s1. The van der Waals surface area contributed by atoms with Crippen molar-refractivity contribution in [1.82, 2.24) is 25.0 Å². The van der Waals surface area contributed by atoms with Gasteiger partial charge in [0.15, 0.2) is 0 Å². The van der Waals surface area contributed by atoms with E-state index in [0.29, 0.717) is 49.8 Å². The van der Waals surface area contributed by atoms with Crippen LogP contribution in [-0.4, -0.2) is 94.4 Å². The number of hydrogen-bond donors (Lipinski definition) is 1. The van der Waals surface area contributed by atoms with Gasteiger partial charge >= 0.3 is 0 Å². The SMILES string of the molecule is O=C1N[C@H]2C[C@@H](C(=O)N3CCN(C(=O)c4ccccc4)C[C@H]3COc3ncccc31)N(C1CCCC1)C2. The summed E-state index contributed by atoms with van der Waals surface area (Å²) in [5.41, 5.74) is 1.02. The monoisotopic (exact) mass is 503 g/mol. The average molecular weight is 504 g/mol. The zero-order valence-electron chi connectivity index (χ0n) is 20.9. The third-order valence-corrected chi connectivity index (χ3v) is 8.26. The molecule has 3 amide bonds. The lowest BCUT2D eigenvalue weighted by Gasteiger charge is -2.43. The van der Waals surface area contributed by atoms with Gasteiger partial charge in [0.05, 0.1) is 12.1 Å². The Morgan fingerprint density at radius 3 is 2.59 bits per heavy atom. The Bertz CT molecular complexity index is 1170. The zero-order chi connectivity index (χ0) is 25.4. The largest absolute Gasteiger partial charge is 0.475 e. The Balaban J connectivity index is 1.32. The molecule has 9 heteroatoms. The second-order valence-electron chi connectivity index (χ2n) is 10.5. The van der Waals surface area contributed by atoms with E-state index in [0.717, 1.165) is 12.8 Å². The van der Waals surface area contributed by atoms with Crippen molar-refractivity contribution in [2.45, 2.75) is 56.3 Å². The molecule has 2 bridgehead atoms. The number of carbonyl (C=O) groups is 3. The van der Waals surface area contributed by atoms with Crippen molar-refractivity contribution in [1.29, 1.82) is 0 Å². The molecule has 1 aromatic carbocycles. The summed E-state index contributed by atoms with van der Waals surface area (Å²) in [5, 5.41) is 3.14. The number of carbonyl (C=O) groups excluding carboxylic acids is 3. The summed E-state index contributed by atoms with van der Waals surface area (Å²) >= 11 is 0. The Morgan fingerprint density at radius 1 is 0.973 bits per heavy atom. The number of amides is 3. The smallest absolute Gasteiger partial charge is 0.257 e. The summed E-state index contributed by atoms with van der Waals surface area (Å²) < 4.78 is 6.08. The summed E-state index contributed by atoms with van der Waals surface area (Å²) in [4.78, 5) is 50.9. The molecule has 1 aromatic heterocycles. The number of rotatable bonds is 2. The third kappa shape index (κ3) is 4.68. The quantitative estimate of drug-likeness (QED) is 0.673. The third-order valence-electron chi connectivity index (χ3n) is 8.26. The first kappa shape index (κ1) is 23.9. The van der Waals surface area contributed by atoms with E-state index in [-0.39, 0.29) is 48.3 Å². The van der Waals surface area contributed by atoms with Gasteiger partial charge in [0, 0.05) is 50.0 Å². The molecule has 0 spiro atoms. The minimum Gasteiger partial charge on any atom is -0.475 e. The lowest BCUT2D eigenvalue weighted by atomic mass is 10.0. The summed E-state index contributed by atoms with van der Waals surface area (Å²) in [6.07, 6.45) is 6.71. The number of nitrogens with one attached hydrogen (secondary N) is 1. The van der Waals surface area contributed by atoms with E-state index in [1.807, 2.05) is 35.2 Å². The first-order valence-electron chi connectivity index (χ1n) is 13.4. The van der Waals surface area contributed by atoms with Crippen LogP contribution in [0.4, 0.5) is 0 Å². The Labute approximate surface area is 216 Å². The molecule has 1 saturated carbocycles. The van der Waals surface area contributed by atoms with Gasteiger partial charge in [-0.05, 0) is 43.5 Å². The number of piperazine rings is 1. The van der Waals surface area contributed by atoms with Crippen LogP contribution in [-0.2, 0) is 4.79 Å². The maximum atomic E-state index is 14.1. The first-order chi connectivity index (χ1) is 18.1. The van der Waals surface area contributed by atoms with Gasteiger partial charge in [-0.15, -0.1) is 0 Å². The molecule has 1 N–H and O–H groups in total. The van der Waals surface area contributed by atoms with Crippen molar-refractivity contribution < 1.29 is 19.1 Å². The van der Waals surface area contributed by atoms with Crippen molar-refractivity contribution in [2.75, 3.05) is 32.8 Å². The summed E-state index contributed by atoms with van der Waals surface area (Å²) in [5.74, 6) is 0.0484. The van der Waals surface area contributed by atoms with Gasteiger partial charge in [-0.25, -0.2) is 4.98 Å². The van der Waals surface area contributed by atoms with Gasteiger partial charge in [0.1, 0.15) is 12.2 Å². The molecule has 2 aromatic rings. The summed E-state index contributed by atoms with van der Waals surface area (Å²) in [6.45, 7) is 2.11. The Kier molecular flexibility index (Phi) is 6.54. The van der Waals surface area contributed by atoms with Crippen LogP contribution >= 0.6 is 0 Å². The second-order valence-corrected chi connectivity index (χ2v) is 10.5. The number of pyridine rings is 1. The minimum absolute atomic E-state index is 0.0507. The number of benzene rings is 1. The topological polar surface area (TPSA) is 95.1 Å². The highest BCUT2D eigenvalue weighted by Crippen LogP contribution is 2.32. The molecule has 0 radical (unpaired) electrons. The average Bonchev–Trinajstić information content (AvgIpc) is 3.61. The maximum absolute atomic E-state index is 14.1. The number of likely N-dealkylation sites (tertiary alicyclic amines) is 1. The molecule has 9 nitrogen and oxygen atoms in total. The number of fused-ring (bicyclic) bond motifs is 4. The number of nitrogens with zero attached hydrogens (tertiary/aromatic N) is 4. The van der Waals surface area contributed by atoms with E-state index in [2.05, 4.69) is 15.2 Å². The van der Waals surface area contributed by atoms with Crippen molar-refractivity contribution in [3.05, 3.63) is 59.8 Å². The summed E-state index contributed by atoms with van der Waals surface area (Å²) in [6, 6.07) is 12.3. The first-order valence-corrected chi connectivity index (χ1v) is 13.4. The molecule has 3 atom stereocenters. The van der Waals surface area contributed by atoms with Crippen LogP contribution in [0.3, 0.4) is 0 Å². The molecule has 3 aliphatic heterocycles. The number of aromatic nitrogens is 1. The molecule has 37 heavy (non-hydrogen) atoms. The molecular formula is C28H33N5O4. The van der Waals surface area contributed by atoms with Crippen LogP contribution in [0.5, 0.6) is 5.88 Å². The van der Waals surface area contributed by atoms with Crippen LogP contribution in [0.15, 0.2) is 48.7 Å². The Hall–Kier alpha value is -3.46. The van der Waals surface area contributed by atoms with Gasteiger partial charge in [-0.2, -0.15) is 0 Å². The van der Waals surface area contributed by atoms with Crippen molar-refractivity contribution >= 4 is 17.7 Å². The lowest BCUT2D eigenvalue weighted by Crippen LogP contribution is -2.61. The van der Waals surface area contributed by atoms with Gasteiger partial charge in [-0.3, -0.25) is 19.3 Å². The van der Waals surface area contributed by atoms with Crippen molar-refractivity contribution in [2.24, 2.45) is 0 Å². The maximum Gasteiger partial charge on any atom is 0.257 e. The lowest BCUT2D eigenvalue weighted by molar-refractivity contribution is -0.142. The Morgan fingerprint density at radius 2 is 1.78 bits per heavy atom. The normalized spacial score (nSPS) is 27.0.